The number of ether oxygens (including phenoxy) is 1. The molecule has 2 rings (SSSR count). The van der Waals surface area contributed by atoms with Gasteiger partial charge in [0.25, 0.3) is 5.78 Å². The molecular formula is C13H13NO3. The van der Waals surface area contributed by atoms with E-state index in [-0.39, 0.29) is 6.61 Å². The highest BCUT2D eigenvalue weighted by molar-refractivity contribution is 6.43. The van der Waals surface area contributed by atoms with Gasteiger partial charge in [-0.2, -0.15) is 0 Å². The number of rotatable bonds is 3. The number of nitrogens with zero attached hydrogens (tertiary/aromatic N) is 1. The Labute approximate surface area is 98.8 Å². The first kappa shape index (κ1) is 11.4. The number of para-hydroxylation sites is 1. The molecule has 0 saturated carbocycles. The van der Waals surface area contributed by atoms with Crippen molar-refractivity contribution in [2.24, 2.45) is 7.05 Å². The van der Waals surface area contributed by atoms with Crippen LogP contribution in [0.5, 0.6) is 0 Å². The summed E-state index contributed by atoms with van der Waals surface area (Å²) in [5.41, 5.74) is 1.31. The van der Waals surface area contributed by atoms with E-state index in [2.05, 4.69) is 0 Å². The van der Waals surface area contributed by atoms with Crippen LogP contribution in [0.25, 0.3) is 10.9 Å². The molecule has 17 heavy (non-hydrogen) atoms. The normalized spacial score (nSPS) is 10.5. The van der Waals surface area contributed by atoms with E-state index in [9.17, 15) is 9.59 Å². The van der Waals surface area contributed by atoms with Crippen LogP contribution in [0.15, 0.2) is 30.5 Å². The molecule has 1 heterocycles. The van der Waals surface area contributed by atoms with Crippen LogP contribution in [0.2, 0.25) is 0 Å². The molecule has 1 aromatic carbocycles. The number of hydrogen-bond acceptors (Lipinski definition) is 3. The lowest BCUT2D eigenvalue weighted by atomic mass is 10.1. The van der Waals surface area contributed by atoms with Crippen LogP contribution >= 0.6 is 0 Å². The number of esters is 1. The first-order valence-corrected chi connectivity index (χ1v) is 5.40. The van der Waals surface area contributed by atoms with Gasteiger partial charge in [0, 0.05) is 24.1 Å². The molecule has 0 N–H and O–H groups in total. The Morgan fingerprint density at radius 1 is 1.29 bits per heavy atom. The zero-order valence-corrected chi connectivity index (χ0v) is 9.77. The van der Waals surface area contributed by atoms with E-state index >= 15 is 0 Å². The van der Waals surface area contributed by atoms with Gasteiger partial charge >= 0.3 is 5.97 Å². The van der Waals surface area contributed by atoms with Gasteiger partial charge in [0.05, 0.1) is 12.2 Å². The van der Waals surface area contributed by atoms with Gasteiger partial charge in [-0.1, -0.05) is 18.2 Å². The van der Waals surface area contributed by atoms with Crippen molar-refractivity contribution in [3.63, 3.8) is 0 Å². The molecule has 0 atom stereocenters. The Hall–Kier alpha value is -2.10. The van der Waals surface area contributed by atoms with Crippen LogP contribution in [0.3, 0.4) is 0 Å². The maximum absolute atomic E-state index is 11.9. The molecule has 2 aromatic rings. The Morgan fingerprint density at radius 2 is 2.00 bits per heavy atom. The number of benzene rings is 1. The second kappa shape index (κ2) is 4.41. The van der Waals surface area contributed by atoms with Crippen molar-refractivity contribution in [3.8, 4) is 0 Å². The molecule has 0 saturated heterocycles. The van der Waals surface area contributed by atoms with Crippen molar-refractivity contribution in [2.45, 2.75) is 6.92 Å². The van der Waals surface area contributed by atoms with Crippen molar-refractivity contribution in [2.75, 3.05) is 6.61 Å². The standard InChI is InChI=1S/C13H13NO3/c1-3-17-13(16)12(15)10-8-14(2)11-7-5-4-6-9(10)11/h4-8H,3H2,1-2H3. The van der Waals surface area contributed by atoms with Crippen LogP contribution in [0.1, 0.15) is 17.3 Å². The Balaban J connectivity index is 2.49. The Morgan fingerprint density at radius 3 is 2.71 bits per heavy atom. The monoisotopic (exact) mass is 231 g/mol. The Bertz CT molecular complexity index is 583. The molecule has 0 aliphatic heterocycles. The largest absolute Gasteiger partial charge is 0.460 e. The number of hydrogen-bond donors (Lipinski definition) is 0. The van der Waals surface area contributed by atoms with Crippen LogP contribution in [0.4, 0.5) is 0 Å². The molecule has 4 heteroatoms. The third kappa shape index (κ3) is 1.93. The van der Waals surface area contributed by atoms with Crippen LogP contribution < -0.4 is 0 Å². The van der Waals surface area contributed by atoms with Gasteiger partial charge in [-0.25, -0.2) is 4.79 Å². The summed E-state index contributed by atoms with van der Waals surface area (Å²) in [6.07, 6.45) is 1.66. The van der Waals surface area contributed by atoms with E-state index in [0.29, 0.717) is 5.56 Å². The number of fused-ring (bicyclic) bond motifs is 1. The number of carbonyl (C=O) groups excluding carboxylic acids is 2. The average Bonchev–Trinajstić information content (AvgIpc) is 2.67. The van der Waals surface area contributed by atoms with Gasteiger partial charge in [-0.05, 0) is 13.0 Å². The predicted molar refractivity (Wildman–Crippen MR) is 63.9 cm³/mol. The minimum Gasteiger partial charge on any atom is -0.460 e. The van der Waals surface area contributed by atoms with E-state index < -0.39 is 11.8 Å². The molecule has 0 fully saturated rings. The van der Waals surface area contributed by atoms with Crippen LogP contribution in [-0.4, -0.2) is 22.9 Å². The first-order valence-electron chi connectivity index (χ1n) is 5.40. The molecule has 0 bridgehead atoms. The number of carbonyl (C=O) groups is 2. The summed E-state index contributed by atoms with van der Waals surface area (Å²) in [4.78, 5) is 23.3. The minimum absolute atomic E-state index is 0.204. The van der Waals surface area contributed by atoms with Crippen molar-refractivity contribution in [1.29, 1.82) is 0 Å². The van der Waals surface area contributed by atoms with Crippen molar-refractivity contribution < 1.29 is 14.3 Å². The van der Waals surface area contributed by atoms with E-state index in [1.54, 1.807) is 13.1 Å². The van der Waals surface area contributed by atoms with Crippen LogP contribution in [0, 0.1) is 0 Å². The molecule has 0 unspecified atom stereocenters. The van der Waals surface area contributed by atoms with Crippen LogP contribution in [-0.2, 0) is 16.6 Å². The van der Waals surface area contributed by atoms with Crippen molar-refractivity contribution >= 4 is 22.7 Å². The van der Waals surface area contributed by atoms with E-state index in [1.807, 2.05) is 35.9 Å². The lowest BCUT2D eigenvalue weighted by molar-refractivity contribution is -0.137. The summed E-state index contributed by atoms with van der Waals surface area (Å²) < 4.78 is 6.54. The number of ketones is 1. The second-order valence-corrected chi connectivity index (χ2v) is 3.72. The second-order valence-electron chi connectivity index (χ2n) is 3.72. The Kier molecular flexibility index (Phi) is 2.95. The van der Waals surface area contributed by atoms with E-state index in [4.69, 9.17) is 4.74 Å². The number of aryl methyl sites for hydroxylation is 1. The molecule has 1 aromatic heterocycles. The molecule has 4 nitrogen and oxygen atoms in total. The highest BCUT2D eigenvalue weighted by Crippen LogP contribution is 2.20. The number of Topliss-reactive ketones (excluding diaryl/α,β-unsaturated/α-hetero) is 1. The zero-order chi connectivity index (χ0) is 12.4. The first-order chi connectivity index (χ1) is 8.15. The quantitative estimate of drug-likeness (QED) is 0.460. The number of aromatic nitrogens is 1. The summed E-state index contributed by atoms with van der Waals surface area (Å²) in [6, 6.07) is 7.45. The topological polar surface area (TPSA) is 48.3 Å². The molecule has 0 spiro atoms. The maximum Gasteiger partial charge on any atom is 0.379 e. The van der Waals surface area contributed by atoms with Gasteiger partial charge < -0.3 is 9.30 Å². The van der Waals surface area contributed by atoms with Gasteiger partial charge in [0.2, 0.25) is 0 Å². The lowest BCUT2D eigenvalue weighted by Gasteiger charge is -1.99. The third-order valence-corrected chi connectivity index (χ3v) is 2.60. The van der Waals surface area contributed by atoms with E-state index in [0.717, 1.165) is 10.9 Å². The molecule has 0 aliphatic carbocycles. The average molecular weight is 231 g/mol. The summed E-state index contributed by atoms with van der Waals surface area (Å²) >= 11 is 0. The van der Waals surface area contributed by atoms with Crippen molar-refractivity contribution in [3.05, 3.63) is 36.0 Å². The summed E-state index contributed by atoms with van der Waals surface area (Å²) in [5.74, 6) is -1.40. The highest BCUT2D eigenvalue weighted by atomic mass is 16.5. The summed E-state index contributed by atoms with van der Waals surface area (Å²) in [5, 5.41) is 0.771. The summed E-state index contributed by atoms with van der Waals surface area (Å²) in [7, 11) is 1.84. The fourth-order valence-corrected chi connectivity index (χ4v) is 1.83. The molecular weight excluding hydrogens is 218 g/mol. The van der Waals surface area contributed by atoms with Gasteiger partial charge in [-0.3, -0.25) is 4.79 Å². The van der Waals surface area contributed by atoms with Gasteiger partial charge in [0.15, 0.2) is 0 Å². The van der Waals surface area contributed by atoms with Gasteiger partial charge in [0.1, 0.15) is 0 Å². The molecule has 0 amide bonds. The van der Waals surface area contributed by atoms with Crippen molar-refractivity contribution in [1.82, 2.24) is 4.57 Å². The van der Waals surface area contributed by atoms with Gasteiger partial charge in [-0.15, -0.1) is 0 Å². The fourth-order valence-electron chi connectivity index (χ4n) is 1.83. The molecule has 0 radical (unpaired) electrons. The molecule has 0 aliphatic rings. The summed E-state index contributed by atoms with van der Waals surface area (Å²) in [6.45, 7) is 1.88. The smallest absolute Gasteiger partial charge is 0.379 e. The minimum atomic E-state index is -0.802. The maximum atomic E-state index is 11.9. The molecule has 88 valence electrons. The lowest BCUT2D eigenvalue weighted by Crippen LogP contribution is -2.17. The predicted octanol–water partition coefficient (Wildman–Crippen LogP) is 1.92. The SMILES string of the molecule is CCOC(=O)C(=O)c1cn(C)c2ccccc12. The third-order valence-electron chi connectivity index (χ3n) is 2.60. The fraction of sp³-hybridized carbons (Fsp3) is 0.231. The van der Waals surface area contributed by atoms with E-state index in [1.165, 1.54) is 0 Å². The zero-order valence-electron chi connectivity index (χ0n) is 9.77. The highest BCUT2D eigenvalue weighted by Gasteiger charge is 2.21.